The Labute approximate surface area is 557 Å². The van der Waals surface area contributed by atoms with Gasteiger partial charge in [-0.25, -0.2) is 14.4 Å². The first-order chi connectivity index (χ1) is 44.1. The Morgan fingerprint density at radius 3 is 2.05 bits per heavy atom. The van der Waals surface area contributed by atoms with Crippen molar-refractivity contribution in [2.24, 2.45) is 29.1 Å². The Bertz CT molecular complexity index is 2970. The van der Waals surface area contributed by atoms with Crippen molar-refractivity contribution in [3.8, 4) is 11.5 Å². The lowest BCUT2D eigenvalue weighted by Crippen LogP contribution is -2.65. The van der Waals surface area contributed by atoms with E-state index in [1.54, 1.807) is 62.8 Å². The largest absolute Gasteiger partial charge is 0.497 e. The topological polar surface area (TPSA) is 191 Å². The number of carbonyl (C=O) groups is 4. The van der Waals surface area contributed by atoms with Gasteiger partial charge in [-0.15, -0.1) is 0 Å². The Balaban J connectivity index is 1.18. The van der Waals surface area contributed by atoms with Crippen molar-refractivity contribution in [2.75, 3.05) is 34.0 Å². The number of amides is 1. The number of nitrogens with one attached hydrogen (secondary N) is 1. The van der Waals surface area contributed by atoms with Crippen molar-refractivity contribution in [2.45, 2.75) is 268 Å². The van der Waals surface area contributed by atoms with Gasteiger partial charge in [0.2, 0.25) is 0 Å². The summed E-state index contributed by atoms with van der Waals surface area (Å²) in [6.07, 6.45) is 8.74. The molecule has 1 amide bonds. The van der Waals surface area contributed by atoms with E-state index in [0.29, 0.717) is 99.8 Å². The van der Waals surface area contributed by atoms with E-state index >= 15 is 4.79 Å². The van der Waals surface area contributed by atoms with Crippen LogP contribution >= 0.6 is 0 Å². The molecule has 0 radical (unpaired) electrons. The zero-order chi connectivity index (χ0) is 67.4. The zero-order valence-corrected chi connectivity index (χ0v) is 60.5. The van der Waals surface area contributed by atoms with E-state index in [1.165, 1.54) is 6.08 Å². The highest BCUT2D eigenvalue weighted by molar-refractivity contribution is 6.74. The Hall–Kier alpha value is -4.71. The minimum Gasteiger partial charge on any atom is -0.497 e. The van der Waals surface area contributed by atoms with Crippen LogP contribution in [0.2, 0.25) is 36.3 Å². The summed E-state index contributed by atoms with van der Waals surface area (Å²) in [7, 11) is -1.61. The Morgan fingerprint density at radius 2 is 1.42 bits per heavy atom. The summed E-state index contributed by atoms with van der Waals surface area (Å²) in [6, 6.07) is 16.3. The van der Waals surface area contributed by atoms with Crippen molar-refractivity contribution in [1.82, 2.24) is 5.32 Å². The summed E-state index contributed by atoms with van der Waals surface area (Å²) >= 11 is 0. The number of ether oxygens (including phenoxy) is 10. The smallest absolute Gasteiger partial charge is 0.407 e. The van der Waals surface area contributed by atoms with Crippen LogP contribution in [0.4, 0.5) is 4.79 Å². The molecular weight excluding hydrogens is 1210 g/mol. The van der Waals surface area contributed by atoms with Gasteiger partial charge in [0.1, 0.15) is 42.2 Å². The van der Waals surface area contributed by atoms with Crippen LogP contribution < -0.4 is 14.8 Å². The molecule has 7 bridgehead atoms. The molecule has 6 heterocycles. The quantitative estimate of drug-likeness (QED) is 0.0506. The van der Waals surface area contributed by atoms with Crippen LogP contribution in [0.5, 0.6) is 11.5 Å². The van der Waals surface area contributed by atoms with Gasteiger partial charge in [0.15, 0.2) is 40.1 Å². The number of carbonyl (C=O) groups excluding carboxylic acids is 4. The highest BCUT2D eigenvalue weighted by Gasteiger charge is 2.68. The van der Waals surface area contributed by atoms with Gasteiger partial charge in [0.25, 0.3) is 0 Å². The van der Waals surface area contributed by atoms with E-state index in [0.717, 1.165) is 49.4 Å². The number of methoxy groups -OCH3 is 2. The fraction of sp³-hybridized carbons (Fsp3) is 0.703. The number of esters is 2. The third-order valence-electron chi connectivity index (χ3n) is 22.9. The molecule has 15 atom stereocenters. The van der Waals surface area contributed by atoms with Crippen LogP contribution in [-0.2, 0) is 51.5 Å². The highest BCUT2D eigenvalue weighted by Crippen LogP contribution is 2.60. The van der Waals surface area contributed by atoms with Gasteiger partial charge < -0.3 is 61.5 Å². The lowest BCUT2D eigenvalue weighted by molar-refractivity contribution is -0.400. The number of alkyl carbamates (subject to hydrolysis) is 1. The molecule has 516 valence electrons. The summed E-state index contributed by atoms with van der Waals surface area (Å²) in [5.41, 5.74) is 0.446. The number of hydrogen-bond acceptors (Lipinski definition) is 16. The molecule has 7 aliphatic rings. The van der Waals surface area contributed by atoms with E-state index in [1.807, 2.05) is 0 Å². The molecule has 1 unspecified atom stereocenters. The second-order valence-electron chi connectivity index (χ2n) is 30.1. The first-order valence-electron chi connectivity index (χ1n) is 34.9. The van der Waals surface area contributed by atoms with E-state index in [2.05, 4.69) is 107 Å². The third kappa shape index (κ3) is 15.8. The number of ketones is 1. The molecule has 6 saturated heterocycles. The summed E-state index contributed by atoms with van der Waals surface area (Å²) in [5.74, 6) is -4.19. The summed E-state index contributed by atoms with van der Waals surface area (Å²) in [5, 5.41) is 2.80. The van der Waals surface area contributed by atoms with E-state index in [4.69, 9.17) is 56.2 Å². The van der Waals surface area contributed by atoms with Gasteiger partial charge >= 0.3 is 18.0 Å². The molecular formula is C74H111NO16Si2. The van der Waals surface area contributed by atoms with Crippen LogP contribution in [0, 0.1) is 29.1 Å². The van der Waals surface area contributed by atoms with E-state index < -0.39 is 93.4 Å². The predicted octanol–water partition coefficient (Wildman–Crippen LogP) is 15.7. The normalized spacial score (nSPS) is 32.6. The fourth-order valence-corrected chi connectivity index (χ4v) is 20.5. The average Bonchev–Trinajstić information content (AvgIpc) is 1.61. The molecule has 17 nitrogen and oxygen atoms in total. The molecule has 19 heteroatoms. The molecule has 93 heavy (non-hydrogen) atoms. The first-order valence-corrected chi connectivity index (χ1v) is 40.4. The second kappa shape index (κ2) is 29.6. The van der Waals surface area contributed by atoms with Gasteiger partial charge in [-0.3, -0.25) is 4.79 Å². The Morgan fingerprint density at radius 1 is 0.763 bits per heavy atom. The van der Waals surface area contributed by atoms with E-state index in [-0.39, 0.29) is 66.0 Å². The van der Waals surface area contributed by atoms with Crippen LogP contribution in [-0.4, -0.2) is 134 Å². The fourth-order valence-electron chi connectivity index (χ4n) is 15.9. The lowest BCUT2D eigenvalue weighted by atomic mass is 9.57. The van der Waals surface area contributed by atoms with Crippen LogP contribution in [0.3, 0.4) is 0 Å². The molecule has 3 spiro atoms. The molecule has 9 rings (SSSR count). The zero-order valence-electron chi connectivity index (χ0n) is 58.5. The number of hydrogen-bond donors (Lipinski definition) is 1. The SMILES string of the molecule is C=CCOC(=O)NC[C@H](C)[C@@H](C)C[C@]12CCC([C@@H](COC(=O)c3ccc(OC)cc3)OC(=O)c3ccc(OC)cc3)=CC1[C@@H]1O[C@]3(C[C@H]4CCC[C@@]5(CC[C@@]6(O[C@@H](CC[C@@]6(C)O[Si](CC)(CC)CC)CC(=C)CCCC2=O)O5)O4)C[C@@H](C)[C@@H](O[Si](C)(C)C(C)(C)C)[C@H]1O3. The van der Waals surface area contributed by atoms with Gasteiger partial charge in [0.05, 0.1) is 49.8 Å². The second-order valence-corrected chi connectivity index (χ2v) is 39.5. The predicted molar refractivity (Wildman–Crippen MR) is 362 cm³/mol. The van der Waals surface area contributed by atoms with Crippen molar-refractivity contribution in [1.29, 1.82) is 0 Å². The van der Waals surface area contributed by atoms with Gasteiger partial charge in [-0.2, -0.15) is 0 Å². The van der Waals surface area contributed by atoms with E-state index in [9.17, 15) is 14.4 Å². The number of fused-ring (bicyclic) bond motifs is 7. The summed E-state index contributed by atoms with van der Waals surface area (Å²) < 4.78 is 82.4. The molecule has 1 N–H and O–H groups in total. The van der Waals surface area contributed by atoms with Gasteiger partial charge in [-0.05, 0) is 179 Å². The molecule has 2 aromatic rings. The average molecular weight is 1330 g/mol. The maximum atomic E-state index is 16.6. The molecule has 6 aliphatic heterocycles. The molecule has 6 fully saturated rings. The summed E-state index contributed by atoms with van der Waals surface area (Å²) in [6.45, 7) is 35.3. The van der Waals surface area contributed by atoms with Crippen molar-refractivity contribution in [3.63, 3.8) is 0 Å². The number of rotatable bonds is 22. The molecule has 1 aliphatic carbocycles. The third-order valence-corrected chi connectivity index (χ3v) is 32.2. The maximum Gasteiger partial charge on any atom is 0.407 e. The highest BCUT2D eigenvalue weighted by atomic mass is 28.4. The first kappa shape index (κ1) is 72.6. The Kier molecular flexibility index (Phi) is 23.1. The molecule has 0 aromatic heterocycles. The van der Waals surface area contributed by atoms with Crippen molar-refractivity contribution >= 4 is 40.4 Å². The van der Waals surface area contributed by atoms with Crippen molar-refractivity contribution < 1.29 is 75.4 Å². The van der Waals surface area contributed by atoms with Crippen LogP contribution in [0.25, 0.3) is 0 Å². The minimum atomic E-state index is -2.55. The minimum absolute atomic E-state index is 0.0561. The van der Waals surface area contributed by atoms with Gasteiger partial charge in [0, 0.05) is 56.4 Å². The standard InChI is InChI=1S/C74H111NO16Si2/c1-17-41-82-68(79)75-47-52(8)50(6)44-71-38-34-55(61(84-67(78)54-28-32-57(81-14)33-29-54)48-83-66(77)53-26-30-56(80-13)31-27-53)43-60(71)64-65-63(89-92(15,16)69(9,10)11)51(7)45-73(87-64,88-65)46-59-24-22-36-72(85-59)39-40-74(90-72)70(12,91-93(18-2,19-3)20-4)37-35-58(86-74)42-49(5)23-21-25-62(71)76/h17,26-33,43,50-52,58-61,63-65H,1,5,18-25,34-42,44-48H2,2-4,6-16H3,(H,75,79)/t50-,51+,52-,58-,59+,60?,61+,63+,64-,65+,70+,71+,72+,73+,74+/m0/s1. The molecule has 2 aromatic carbocycles. The molecule has 0 saturated carbocycles. The number of Topliss-reactive ketones (excluding diaryl/α,β-unsaturated/α-hetero) is 1. The van der Waals surface area contributed by atoms with Crippen LogP contribution in [0.15, 0.2) is 85.0 Å². The van der Waals surface area contributed by atoms with Crippen LogP contribution in [0.1, 0.15) is 193 Å². The van der Waals surface area contributed by atoms with Gasteiger partial charge in [-0.1, -0.05) is 93.2 Å². The monoisotopic (exact) mass is 1330 g/mol. The van der Waals surface area contributed by atoms with Crippen molar-refractivity contribution in [3.05, 3.63) is 96.1 Å². The number of benzene rings is 2. The lowest BCUT2D eigenvalue weighted by Gasteiger charge is -2.55. The summed E-state index contributed by atoms with van der Waals surface area (Å²) in [4.78, 5) is 58.2. The maximum absolute atomic E-state index is 16.6.